The van der Waals surface area contributed by atoms with Crippen molar-refractivity contribution in [3.63, 3.8) is 0 Å². The van der Waals surface area contributed by atoms with Crippen molar-refractivity contribution in [1.29, 1.82) is 0 Å². The molecular formula is C10H7NO3. The van der Waals surface area contributed by atoms with Crippen LogP contribution in [-0.2, 0) is 11.2 Å². The van der Waals surface area contributed by atoms with Crippen LogP contribution in [0.15, 0.2) is 18.2 Å². The molecule has 1 aromatic rings. The van der Waals surface area contributed by atoms with Gasteiger partial charge in [0.05, 0.1) is 6.42 Å². The molecule has 4 nitrogen and oxygen atoms in total. The van der Waals surface area contributed by atoms with Gasteiger partial charge in [-0.15, -0.1) is 0 Å². The van der Waals surface area contributed by atoms with Crippen molar-refractivity contribution in [2.24, 2.45) is 0 Å². The highest BCUT2D eigenvalue weighted by Gasteiger charge is 2.21. The van der Waals surface area contributed by atoms with Gasteiger partial charge in [0, 0.05) is 11.1 Å². The number of amides is 2. The summed E-state index contributed by atoms with van der Waals surface area (Å²) in [5, 5.41) is 2.19. The Kier molecular flexibility index (Phi) is 1.89. The monoisotopic (exact) mass is 189 g/mol. The van der Waals surface area contributed by atoms with E-state index >= 15 is 0 Å². The molecule has 0 saturated carbocycles. The largest absolute Gasteiger partial charge is 0.298 e. The predicted octanol–water partition coefficient (Wildman–Crippen LogP) is 0.312. The van der Waals surface area contributed by atoms with Gasteiger partial charge in [0.2, 0.25) is 5.91 Å². The summed E-state index contributed by atoms with van der Waals surface area (Å²) in [6.07, 6.45) is 0.865. The van der Waals surface area contributed by atoms with Crippen LogP contribution in [0.2, 0.25) is 0 Å². The van der Waals surface area contributed by atoms with Crippen molar-refractivity contribution in [3.05, 3.63) is 34.9 Å². The summed E-state index contributed by atoms with van der Waals surface area (Å²) < 4.78 is 0. The summed E-state index contributed by atoms with van der Waals surface area (Å²) in [6, 6.07) is 4.72. The smallest absolute Gasteiger partial charge is 0.258 e. The van der Waals surface area contributed by atoms with E-state index in [-0.39, 0.29) is 12.3 Å². The number of rotatable bonds is 1. The highest BCUT2D eigenvalue weighted by molar-refractivity contribution is 6.10. The van der Waals surface area contributed by atoms with Crippen molar-refractivity contribution in [1.82, 2.24) is 5.32 Å². The number of nitrogens with one attached hydrogen (secondary N) is 1. The van der Waals surface area contributed by atoms with Crippen molar-refractivity contribution < 1.29 is 14.4 Å². The normalized spacial score (nSPS) is 14.6. The standard InChI is InChI=1S/C10H7NO3/c12-5-6-1-2-7-4-9(13)11-10(14)8(7)3-6/h1-3,5H,4H2,(H,11,13,14). The highest BCUT2D eigenvalue weighted by atomic mass is 16.2. The zero-order valence-electron chi connectivity index (χ0n) is 7.24. The van der Waals surface area contributed by atoms with Gasteiger partial charge in [-0.1, -0.05) is 12.1 Å². The van der Waals surface area contributed by atoms with E-state index in [2.05, 4.69) is 5.32 Å². The lowest BCUT2D eigenvalue weighted by Crippen LogP contribution is -2.37. The average Bonchev–Trinajstić information content (AvgIpc) is 2.17. The molecule has 1 N–H and O–H groups in total. The first-order valence-corrected chi connectivity index (χ1v) is 4.13. The third-order valence-electron chi connectivity index (χ3n) is 2.12. The number of hydrogen-bond donors (Lipinski definition) is 1. The Morgan fingerprint density at radius 3 is 2.79 bits per heavy atom. The second-order valence-electron chi connectivity index (χ2n) is 3.09. The first-order chi connectivity index (χ1) is 6.70. The topological polar surface area (TPSA) is 63.2 Å². The molecule has 1 heterocycles. The quantitative estimate of drug-likeness (QED) is 0.511. The van der Waals surface area contributed by atoms with Gasteiger partial charge >= 0.3 is 0 Å². The highest BCUT2D eigenvalue weighted by Crippen LogP contribution is 2.15. The maximum absolute atomic E-state index is 11.3. The van der Waals surface area contributed by atoms with Crippen LogP contribution in [0.4, 0.5) is 0 Å². The fourth-order valence-electron chi connectivity index (χ4n) is 1.44. The molecule has 0 aliphatic carbocycles. The number of hydrogen-bond acceptors (Lipinski definition) is 3. The second-order valence-corrected chi connectivity index (χ2v) is 3.09. The Bertz CT molecular complexity index is 437. The summed E-state index contributed by atoms with van der Waals surface area (Å²) in [4.78, 5) is 32.8. The van der Waals surface area contributed by atoms with Crippen LogP contribution in [0.5, 0.6) is 0 Å². The first kappa shape index (κ1) is 8.62. The van der Waals surface area contributed by atoms with Gasteiger partial charge in [0.1, 0.15) is 6.29 Å². The minimum Gasteiger partial charge on any atom is -0.298 e. The summed E-state index contributed by atoms with van der Waals surface area (Å²) in [5.41, 5.74) is 1.52. The molecule has 2 amide bonds. The average molecular weight is 189 g/mol. The number of aldehydes is 1. The van der Waals surface area contributed by atoms with Crippen LogP contribution in [0.1, 0.15) is 26.3 Å². The first-order valence-electron chi connectivity index (χ1n) is 4.13. The molecule has 0 atom stereocenters. The van der Waals surface area contributed by atoms with E-state index < -0.39 is 5.91 Å². The minimum absolute atomic E-state index is 0.195. The second kappa shape index (κ2) is 3.06. The van der Waals surface area contributed by atoms with Crippen molar-refractivity contribution in [3.8, 4) is 0 Å². The van der Waals surface area contributed by atoms with E-state index in [1.165, 1.54) is 6.07 Å². The summed E-state index contributed by atoms with van der Waals surface area (Å²) in [6.45, 7) is 0. The molecule has 0 radical (unpaired) electrons. The van der Waals surface area contributed by atoms with Crippen LogP contribution in [0, 0.1) is 0 Å². The van der Waals surface area contributed by atoms with Gasteiger partial charge in [-0.05, 0) is 11.6 Å². The molecule has 0 spiro atoms. The van der Waals surface area contributed by atoms with Crippen molar-refractivity contribution in [2.75, 3.05) is 0 Å². The number of imide groups is 1. The van der Waals surface area contributed by atoms with E-state index in [0.717, 1.165) is 0 Å². The number of fused-ring (bicyclic) bond motifs is 1. The summed E-state index contributed by atoms with van der Waals surface area (Å²) in [5.74, 6) is -0.735. The fourth-order valence-corrected chi connectivity index (χ4v) is 1.44. The van der Waals surface area contributed by atoms with Gasteiger partial charge in [-0.25, -0.2) is 0 Å². The molecule has 0 bridgehead atoms. The molecular weight excluding hydrogens is 182 g/mol. The Hall–Kier alpha value is -1.97. The van der Waals surface area contributed by atoms with Gasteiger partial charge in [0.25, 0.3) is 5.91 Å². The summed E-state index contributed by atoms with van der Waals surface area (Å²) in [7, 11) is 0. The Morgan fingerprint density at radius 2 is 2.07 bits per heavy atom. The van der Waals surface area contributed by atoms with Crippen LogP contribution >= 0.6 is 0 Å². The fraction of sp³-hybridized carbons (Fsp3) is 0.100. The molecule has 2 rings (SSSR count). The molecule has 1 aliphatic rings. The Morgan fingerprint density at radius 1 is 1.29 bits per heavy atom. The van der Waals surface area contributed by atoms with E-state index in [9.17, 15) is 14.4 Å². The minimum atomic E-state index is -0.431. The molecule has 1 aromatic carbocycles. The predicted molar refractivity (Wildman–Crippen MR) is 48.0 cm³/mol. The molecule has 0 saturated heterocycles. The van der Waals surface area contributed by atoms with Crippen molar-refractivity contribution >= 4 is 18.1 Å². The lowest BCUT2D eigenvalue weighted by Gasteiger charge is -2.14. The Balaban J connectivity index is 2.54. The molecule has 70 valence electrons. The van der Waals surface area contributed by atoms with Gasteiger partial charge in [-0.3, -0.25) is 19.7 Å². The third kappa shape index (κ3) is 1.31. The van der Waals surface area contributed by atoms with Crippen LogP contribution in [0.25, 0.3) is 0 Å². The SMILES string of the molecule is O=Cc1ccc2c(c1)C(=O)NC(=O)C2. The molecule has 1 aliphatic heterocycles. The molecule has 14 heavy (non-hydrogen) atoms. The van der Waals surface area contributed by atoms with E-state index in [1.807, 2.05) is 0 Å². The maximum atomic E-state index is 11.3. The number of carbonyl (C=O) groups is 3. The lowest BCUT2D eigenvalue weighted by atomic mass is 9.98. The Labute approximate surface area is 79.9 Å². The zero-order valence-corrected chi connectivity index (χ0v) is 7.24. The molecule has 0 unspecified atom stereocenters. The van der Waals surface area contributed by atoms with Gasteiger partial charge in [0.15, 0.2) is 0 Å². The number of benzene rings is 1. The van der Waals surface area contributed by atoms with Gasteiger partial charge < -0.3 is 0 Å². The lowest BCUT2D eigenvalue weighted by molar-refractivity contribution is -0.119. The van der Waals surface area contributed by atoms with Crippen LogP contribution < -0.4 is 5.32 Å². The third-order valence-corrected chi connectivity index (χ3v) is 2.12. The molecule has 0 aromatic heterocycles. The maximum Gasteiger partial charge on any atom is 0.258 e. The zero-order chi connectivity index (χ0) is 10.1. The van der Waals surface area contributed by atoms with Crippen molar-refractivity contribution in [2.45, 2.75) is 6.42 Å². The molecule has 4 heteroatoms. The van der Waals surface area contributed by atoms with E-state index in [4.69, 9.17) is 0 Å². The molecule has 0 fully saturated rings. The van der Waals surface area contributed by atoms with Crippen LogP contribution in [-0.4, -0.2) is 18.1 Å². The van der Waals surface area contributed by atoms with E-state index in [1.54, 1.807) is 12.1 Å². The van der Waals surface area contributed by atoms with E-state index in [0.29, 0.717) is 23.0 Å². The van der Waals surface area contributed by atoms with Crippen LogP contribution in [0.3, 0.4) is 0 Å². The van der Waals surface area contributed by atoms with Gasteiger partial charge in [-0.2, -0.15) is 0 Å². The summed E-state index contributed by atoms with van der Waals surface area (Å²) >= 11 is 0. The number of carbonyl (C=O) groups excluding carboxylic acids is 3.